The number of para-hydroxylation sites is 1. The van der Waals surface area contributed by atoms with Gasteiger partial charge in [0.25, 0.3) is 0 Å². The van der Waals surface area contributed by atoms with Gasteiger partial charge in [0.1, 0.15) is 0 Å². The molecule has 25 heavy (non-hydrogen) atoms. The first-order chi connectivity index (χ1) is 12.2. The number of carbonyl (C=O) groups excluding carboxylic acids is 1. The first-order valence-electron chi connectivity index (χ1n) is 9.08. The molecule has 1 amide bonds. The van der Waals surface area contributed by atoms with Gasteiger partial charge in [0.2, 0.25) is 5.91 Å². The molecule has 3 rings (SSSR count). The number of aryl methyl sites for hydroxylation is 1. The molecule has 0 bridgehead atoms. The smallest absolute Gasteiger partial charge is 0.220 e. The van der Waals surface area contributed by atoms with Crippen LogP contribution in [0.15, 0.2) is 60.8 Å². The Morgan fingerprint density at radius 1 is 1.08 bits per heavy atom. The minimum atomic E-state index is 0.154. The van der Waals surface area contributed by atoms with E-state index in [0.29, 0.717) is 12.3 Å². The van der Waals surface area contributed by atoms with E-state index in [1.807, 2.05) is 24.3 Å². The van der Waals surface area contributed by atoms with Crippen molar-refractivity contribution in [2.75, 3.05) is 6.54 Å². The van der Waals surface area contributed by atoms with Crippen molar-refractivity contribution in [3.63, 3.8) is 0 Å². The highest BCUT2D eigenvalue weighted by atomic mass is 16.1. The number of benzene rings is 2. The van der Waals surface area contributed by atoms with Gasteiger partial charge in [-0.05, 0) is 42.4 Å². The number of aromatic amines is 1. The van der Waals surface area contributed by atoms with E-state index < -0.39 is 0 Å². The molecule has 0 aliphatic carbocycles. The second-order valence-electron chi connectivity index (χ2n) is 6.81. The Morgan fingerprint density at radius 2 is 1.84 bits per heavy atom. The highest BCUT2D eigenvalue weighted by molar-refractivity contribution is 5.83. The zero-order valence-electron chi connectivity index (χ0n) is 14.8. The van der Waals surface area contributed by atoms with Crippen LogP contribution in [0.5, 0.6) is 0 Å². The Hall–Kier alpha value is -2.55. The lowest BCUT2D eigenvalue weighted by molar-refractivity contribution is -0.121. The lowest BCUT2D eigenvalue weighted by atomic mass is 10.0. The van der Waals surface area contributed by atoms with E-state index in [1.165, 1.54) is 22.0 Å². The predicted molar refractivity (Wildman–Crippen MR) is 104 cm³/mol. The number of hydrogen-bond donors (Lipinski definition) is 2. The van der Waals surface area contributed by atoms with E-state index in [9.17, 15) is 4.79 Å². The Morgan fingerprint density at radius 3 is 2.68 bits per heavy atom. The largest absolute Gasteiger partial charge is 0.361 e. The van der Waals surface area contributed by atoms with Crippen LogP contribution in [0.1, 0.15) is 30.9 Å². The van der Waals surface area contributed by atoms with Crippen LogP contribution < -0.4 is 5.32 Å². The van der Waals surface area contributed by atoms with Gasteiger partial charge in [-0.2, -0.15) is 0 Å². The van der Waals surface area contributed by atoms with Crippen molar-refractivity contribution in [2.45, 2.75) is 32.6 Å². The number of carbonyl (C=O) groups is 1. The number of amides is 1. The number of fused-ring (bicyclic) bond motifs is 1. The topological polar surface area (TPSA) is 44.9 Å². The second kappa shape index (κ2) is 8.52. The summed E-state index contributed by atoms with van der Waals surface area (Å²) in [7, 11) is 0. The Balaban J connectivity index is 1.39. The number of H-pyrrole nitrogens is 1. The fourth-order valence-corrected chi connectivity index (χ4v) is 3.22. The maximum atomic E-state index is 12.0. The average molecular weight is 334 g/mol. The summed E-state index contributed by atoms with van der Waals surface area (Å²) >= 11 is 0. The highest BCUT2D eigenvalue weighted by Crippen LogP contribution is 2.20. The molecule has 1 atom stereocenters. The van der Waals surface area contributed by atoms with Gasteiger partial charge in [0, 0.05) is 30.1 Å². The molecule has 3 heteroatoms. The molecular formula is C22H26N2O. The molecule has 0 aliphatic heterocycles. The molecule has 0 saturated carbocycles. The number of rotatable bonds is 8. The summed E-state index contributed by atoms with van der Waals surface area (Å²) in [5, 5.41) is 4.36. The monoisotopic (exact) mass is 334 g/mol. The van der Waals surface area contributed by atoms with Gasteiger partial charge >= 0.3 is 0 Å². The second-order valence-corrected chi connectivity index (χ2v) is 6.81. The van der Waals surface area contributed by atoms with E-state index >= 15 is 0 Å². The van der Waals surface area contributed by atoms with Crippen molar-refractivity contribution in [1.29, 1.82) is 0 Å². The fourth-order valence-electron chi connectivity index (χ4n) is 3.22. The lowest BCUT2D eigenvalue weighted by Crippen LogP contribution is -2.28. The van der Waals surface area contributed by atoms with Crippen molar-refractivity contribution >= 4 is 16.8 Å². The number of aromatic nitrogens is 1. The van der Waals surface area contributed by atoms with E-state index in [2.05, 4.69) is 53.8 Å². The van der Waals surface area contributed by atoms with Gasteiger partial charge < -0.3 is 10.3 Å². The van der Waals surface area contributed by atoms with Gasteiger partial charge in [-0.25, -0.2) is 0 Å². The SMILES string of the molecule is CC(CNC(=O)CCCc1ccccc1)Cc1c[nH]c2ccccc12. The average Bonchev–Trinajstić information content (AvgIpc) is 3.04. The minimum absolute atomic E-state index is 0.154. The minimum Gasteiger partial charge on any atom is -0.361 e. The third-order valence-electron chi connectivity index (χ3n) is 4.60. The zero-order valence-corrected chi connectivity index (χ0v) is 14.8. The van der Waals surface area contributed by atoms with Crippen LogP contribution in [0, 0.1) is 5.92 Å². The zero-order chi connectivity index (χ0) is 17.5. The van der Waals surface area contributed by atoms with Crippen LogP contribution >= 0.6 is 0 Å². The summed E-state index contributed by atoms with van der Waals surface area (Å²) in [6.07, 6.45) is 5.50. The first kappa shape index (κ1) is 17.3. The molecular weight excluding hydrogens is 308 g/mol. The molecule has 2 N–H and O–H groups in total. The first-order valence-corrected chi connectivity index (χ1v) is 9.08. The highest BCUT2D eigenvalue weighted by Gasteiger charge is 2.10. The molecule has 3 nitrogen and oxygen atoms in total. The Labute approximate surface area is 149 Å². The van der Waals surface area contributed by atoms with Crippen molar-refractivity contribution < 1.29 is 4.79 Å². The summed E-state index contributed by atoms with van der Waals surface area (Å²) in [6, 6.07) is 18.7. The van der Waals surface area contributed by atoms with Crippen LogP contribution in [0.4, 0.5) is 0 Å². The Kier molecular flexibility index (Phi) is 5.89. The van der Waals surface area contributed by atoms with Crippen LogP contribution in [0.2, 0.25) is 0 Å². The fraction of sp³-hybridized carbons (Fsp3) is 0.318. The Bertz CT molecular complexity index is 807. The van der Waals surface area contributed by atoms with Crippen LogP contribution in [0.3, 0.4) is 0 Å². The number of hydrogen-bond acceptors (Lipinski definition) is 1. The van der Waals surface area contributed by atoms with Gasteiger partial charge in [-0.15, -0.1) is 0 Å². The molecule has 0 spiro atoms. The predicted octanol–water partition coefficient (Wildman–Crippen LogP) is 4.49. The third-order valence-corrected chi connectivity index (χ3v) is 4.60. The van der Waals surface area contributed by atoms with E-state index in [-0.39, 0.29) is 5.91 Å². The van der Waals surface area contributed by atoms with E-state index in [1.54, 1.807) is 0 Å². The normalized spacial score (nSPS) is 12.2. The molecule has 2 aromatic carbocycles. The van der Waals surface area contributed by atoms with Crippen LogP contribution in [-0.2, 0) is 17.6 Å². The van der Waals surface area contributed by atoms with Crippen molar-refractivity contribution in [1.82, 2.24) is 10.3 Å². The molecule has 0 radical (unpaired) electrons. The summed E-state index contributed by atoms with van der Waals surface area (Å²) in [4.78, 5) is 15.3. The third kappa shape index (κ3) is 4.96. The molecule has 0 aliphatic rings. The van der Waals surface area contributed by atoms with Gasteiger partial charge in [0.05, 0.1) is 0 Å². The van der Waals surface area contributed by atoms with Crippen LogP contribution in [0.25, 0.3) is 10.9 Å². The van der Waals surface area contributed by atoms with Gasteiger partial charge in [0.15, 0.2) is 0 Å². The summed E-state index contributed by atoms with van der Waals surface area (Å²) in [5.74, 6) is 0.569. The van der Waals surface area contributed by atoms with Gasteiger partial charge in [-0.1, -0.05) is 55.5 Å². The number of nitrogens with one attached hydrogen (secondary N) is 2. The maximum absolute atomic E-state index is 12.0. The summed E-state index contributed by atoms with van der Waals surface area (Å²) in [6.45, 7) is 2.91. The summed E-state index contributed by atoms with van der Waals surface area (Å²) in [5.41, 5.74) is 3.79. The maximum Gasteiger partial charge on any atom is 0.220 e. The standard InChI is InChI=1S/C22H26N2O/c1-17(14-19-16-23-21-12-6-5-11-20(19)21)15-24-22(25)13-7-10-18-8-3-2-4-9-18/h2-6,8-9,11-12,16-17,23H,7,10,13-15H2,1H3,(H,24,25). The quantitative estimate of drug-likeness (QED) is 0.626. The van der Waals surface area contributed by atoms with Crippen LogP contribution in [-0.4, -0.2) is 17.4 Å². The summed E-state index contributed by atoms with van der Waals surface area (Å²) < 4.78 is 0. The van der Waals surface area contributed by atoms with E-state index in [0.717, 1.165) is 25.8 Å². The molecule has 0 saturated heterocycles. The lowest BCUT2D eigenvalue weighted by Gasteiger charge is -2.12. The molecule has 1 heterocycles. The molecule has 130 valence electrons. The van der Waals surface area contributed by atoms with Gasteiger partial charge in [-0.3, -0.25) is 4.79 Å². The van der Waals surface area contributed by atoms with Crippen molar-refractivity contribution in [2.24, 2.45) is 5.92 Å². The van der Waals surface area contributed by atoms with Crippen molar-refractivity contribution in [3.05, 3.63) is 71.9 Å². The molecule has 1 unspecified atom stereocenters. The van der Waals surface area contributed by atoms with E-state index in [4.69, 9.17) is 0 Å². The molecule has 0 fully saturated rings. The molecule has 3 aromatic rings. The molecule has 1 aromatic heterocycles. The van der Waals surface area contributed by atoms with Crippen molar-refractivity contribution in [3.8, 4) is 0 Å².